The first-order valence-corrected chi connectivity index (χ1v) is 8.82. The molecule has 1 aromatic heterocycles. The summed E-state index contributed by atoms with van der Waals surface area (Å²) in [4.78, 5) is 41.6. The number of carboxylic acid groups (broad SMARTS) is 1. The van der Waals surface area contributed by atoms with Crippen LogP contribution in [0.25, 0.3) is 0 Å². The molecule has 10 heteroatoms. The van der Waals surface area contributed by atoms with E-state index in [1.54, 1.807) is 0 Å². The second-order valence-electron chi connectivity index (χ2n) is 5.18. The van der Waals surface area contributed by atoms with Gasteiger partial charge in [-0.2, -0.15) is 0 Å². The SMILES string of the molecule is C=CC1=C(C(=O)O)N2C(=O)C(NC(=O)Cc3cnc(N)s3)[C@@H]2SC1. The number of thioether (sulfide) groups is 1. The number of allylic oxidation sites excluding steroid dienone is 1. The van der Waals surface area contributed by atoms with Crippen LogP contribution in [0.15, 0.2) is 30.1 Å². The Hall–Kier alpha value is -2.33. The van der Waals surface area contributed by atoms with Crippen LogP contribution < -0.4 is 11.1 Å². The Labute approximate surface area is 145 Å². The van der Waals surface area contributed by atoms with Crippen molar-refractivity contribution in [2.75, 3.05) is 11.5 Å². The second-order valence-corrected chi connectivity index (χ2v) is 7.43. The summed E-state index contributed by atoms with van der Waals surface area (Å²) in [5.74, 6) is -1.50. The zero-order valence-corrected chi connectivity index (χ0v) is 14.0. The fourth-order valence-electron chi connectivity index (χ4n) is 2.59. The molecule has 0 radical (unpaired) electrons. The molecule has 24 heavy (non-hydrogen) atoms. The van der Waals surface area contributed by atoms with Gasteiger partial charge in [0.15, 0.2) is 5.13 Å². The number of carbonyl (C=O) groups is 3. The van der Waals surface area contributed by atoms with Gasteiger partial charge in [0, 0.05) is 16.8 Å². The average molecular weight is 366 g/mol. The van der Waals surface area contributed by atoms with E-state index in [1.165, 1.54) is 40.3 Å². The summed E-state index contributed by atoms with van der Waals surface area (Å²) in [5.41, 5.74) is 5.96. The molecule has 126 valence electrons. The second kappa shape index (κ2) is 6.29. The molecule has 0 aliphatic carbocycles. The summed E-state index contributed by atoms with van der Waals surface area (Å²) in [5, 5.41) is 12.0. The number of aliphatic carboxylic acids is 1. The molecule has 1 aromatic rings. The number of carboxylic acids is 1. The van der Waals surface area contributed by atoms with Crippen LogP contribution in [0.1, 0.15) is 4.88 Å². The number of carbonyl (C=O) groups excluding carboxylic acids is 2. The number of β-lactam (4-membered cyclic amide) rings is 1. The maximum absolute atomic E-state index is 12.3. The van der Waals surface area contributed by atoms with Gasteiger partial charge >= 0.3 is 5.97 Å². The van der Waals surface area contributed by atoms with Crippen molar-refractivity contribution in [1.82, 2.24) is 15.2 Å². The van der Waals surface area contributed by atoms with Crippen LogP contribution in [0, 0.1) is 0 Å². The zero-order valence-electron chi connectivity index (χ0n) is 12.4. The van der Waals surface area contributed by atoms with Crippen LogP contribution >= 0.6 is 23.1 Å². The van der Waals surface area contributed by atoms with Gasteiger partial charge in [-0.05, 0) is 5.57 Å². The van der Waals surface area contributed by atoms with Gasteiger partial charge in [-0.3, -0.25) is 14.5 Å². The summed E-state index contributed by atoms with van der Waals surface area (Å²) in [6.07, 6.45) is 3.04. The van der Waals surface area contributed by atoms with E-state index in [2.05, 4.69) is 16.9 Å². The van der Waals surface area contributed by atoms with E-state index in [0.29, 0.717) is 21.3 Å². The molecule has 3 heterocycles. The standard InChI is InChI=1S/C14H14N4O4S2/c1-2-6-5-23-12-9(11(20)18(12)10(6)13(21)22)17-8(19)3-7-4-16-14(15)24-7/h2,4,9,12H,1,3,5H2,(H2,15,16)(H,17,19)(H,21,22)/t9?,12-/m0/s1. The maximum Gasteiger partial charge on any atom is 0.352 e. The fourth-order valence-corrected chi connectivity index (χ4v) is 4.61. The van der Waals surface area contributed by atoms with Gasteiger partial charge in [-0.1, -0.05) is 12.7 Å². The van der Waals surface area contributed by atoms with E-state index in [4.69, 9.17) is 5.73 Å². The molecule has 1 saturated heterocycles. The summed E-state index contributed by atoms with van der Waals surface area (Å²) in [7, 11) is 0. The Morgan fingerprint density at radius 3 is 2.92 bits per heavy atom. The predicted molar refractivity (Wildman–Crippen MR) is 90.1 cm³/mol. The number of nitrogens with zero attached hydrogens (tertiary/aromatic N) is 2. The lowest BCUT2D eigenvalue weighted by Gasteiger charge is -2.49. The lowest BCUT2D eigenvalue weighted by Crippen LogP contribution is -2.70. The van der Waals surface area contributed by atoms with Crippen LogP contribution in [-0.2, 0) is 20.8 Å². The first-order chi connectivity index (χ1) is 11.4. The highest BCUT2D eigenvalue weighted by Gasteiger charge is 2.53. The molecule has 0 aromatic carbocycles. The first kappa shape index (κ1) is 16.5. The molecule has 2 aliphatic rings. The number of nitrogens with two attached hydrogens (primary N) is 1. The quantitative estimate of drug-likeness (QED) is 0.635. The molecule has 3 rings (SSSR count). The lowest BCUT2D eigenvalue weighted by molar-refractivity contribution is -0.150. The number of hydrogen-bond acceptors (Lipinski definition) is 7. The van der Waals surface area contributed by atoms with Gasteiger partial charge < -0.3 is 16.2 Å². The number of nitrogens with one attached hydrogen (secondary N) is 1. The molecule has 4 N–H and O–H groups in total. The summed E-state index contributed by atoms with van der Waals surface area (Å²) < 4.78 is 0. The number of nitrogen functional groups attached to an aromatic ring is 1. The van der Waals surface area contributed by atoms with Crippen molar-refractivity contribution in [2.24, 2.45) is 0 Å². The van der Waals surface area contributed by atoms with Gasteiger partial charge in [0.1, 0.15) is 17.1 Å². The Kier molecular flexibility index (Phi) is 4.33. The molecule has 2 atom stereocenters. The Bertz CT molecular complexity index is 773. The Morgan fingerprint density at radius 1 is 1.58 bits per heavy atom. The molecule has 1 fully saturated rings. The Morgan fingerprint density at radius 2 is 2.33 bits per heavy atom. The van der Waals surface area contributed by atoms with E-state index in [-0.39, 0.29) is 18.0 Å². The van der Waals surface area contributed by atoms with Gasteiger partial charge in [-0.15, -0.1) is 23.1 Å². The van der Waals surface area contributed by atoms with Gasteiger partial charge in [0.2, 0.25) is 5.91 Å². The third kappa shape index (κ3) is 2.78. The minimum atomic E-state index is -1.17. The number of rotatable bonds is 5. The maximum atomic E-state index is 12.3. The topological polar surface area (TPSA) is 126 Å². The molecule has 8 nitrogen and oxygen atoms in total. The number of thiazole rings is 1. The minimum Gasteiger partial charge on any atom is -0.477 e. The van der Waals surface area contributed by atoms with Crippen LogP contribution in [0.4, 0.5) is 5.13 Å². The third-order valence-electron chi connectivity index (χ3n) is 3.67. The van der Waals surface area contributed by atoms with Crippen molar-refractivity contribution in [3.63, 3.8) is 0 Å². The molecule has 2 aliphatic heterocycles. The largest absolute Gasteiger partial charge is 0.477 e. The predicted octanol–water partition coefficient (Wildman–Crippen LogP) is 0.192. The monoisotopic (exact) mass is 366 g/mol. The van der Waals surface area contributed by atoms with Crippen molar-refractivity contribution < 1.29 is 19.5 Å². The highest BCUT2D eigenvalue weighted by molar-refractivity contribution is 8.00. The van der Waals surface area contributed by atoms with Gasteiger partial charge in [0.05, 0.1) is 6.42 Å². The van der Waals surface area contributed by atoms with E-state index < -0.39 is 23.3 Å². The highest BCUT2D eigenvalue weighted by atomic mass is 32.2. The number of aromatic nitrogens is 1. The van der Waals surface area contributed by atoms with Crippen molar-refractivity contribution >= 4 is 46.0 Å². The molecule has 2 amide bonds. The third-order valence-corrected chi connectivity index (χ3v) is 5.80. The normalized spacial score (nSPS) is 22.7. The van der Waals surface area contributed by atoms with Crippen molar-refractivity contribution in [3.05, 3.63) is 35.0 Å². The van der Waals surface area contributed by atoms with E-state index >= 15 is 0 Å². The summed E-state index contributed by atoms with van der Waals surface area (Å²) in [6, 6.07) is -0.728. The van der Waals surface area contributed by atoms with E-state index in [1.807, 2.05) is 0 Å². The highest BCUT2D eigenvalue weighted by Crippen LogP contribution is 2.40. The summed E-state index contributed by atoms with van der Waals surface area (Å²) in [6.45, 7) is 3.58. The van der Waals surface area contributed by atoms with Gasteiger partial charge in [-0.25, -0.2) is 9.78 Å². The molecule has 1 unspecified atom stereocenters. The molecule has 0 bridgehead atoms. The van der Waals surface area contributed by atoms with Crippen LogP contribution in [0.2, 0.25) is 0 Å². The van der Waals surface area contributed by atoms with Crippen molar-refractivity contribution in [2.45, 2.75) is 17.8 Å². The minimum absolute atomic E-state index is 0.0560. The molecular weight excluding hydrogens is 352 g/mol. The first-order valence-electron chi connectivity index (χ1n) is 6.95. The smallest absolute Gasteiger partial charge is 0.352 e. The van der Waals surface area contributed by atoms with Crippen LogP contribution in [-0.4, -0.2) is 49.9 Å². The average Bonchev–Trinajstić information content (AvgIpc) is 2.95. The number of fused-ring (bicyclic) bond motifs is 1. The fraction of sp³-hybridized carbons (Fsp3) is 0.286. The summed E-state index contributed by atoms with van der Waals surface area (Å²) >= 11 is 2.61. The van der Waals surface area contributed by atoms with Crippen LogP contribution in [0.5, 0.6) is 0 Å². The molecule has 0 spiro atoms. The number of amides is 2. The molecule has 0 saturated carbocycles. The van der Waals surface area contributed by atoms with E-state index in [0.717, 1.165) is 0 Å². The van der Waals surface area contributed by atoms with Gasteiger partial charge in [0.25, 0.3) is 5.91 Å². The lowest BCUT2D eigenvalue weighted by atomic mass is 10.0. The number of anilines is 1. The number of hydrogen-bond donors (Lipinski definition) is 3. The molecular formula is C14H14N4O4S2. The van der Waals surface area contributed by atoms with Crippen LogP contribution in [0.3, 0.4) is 0 Å². The Balaban J connectivity index is 1.69. The van der Waals surface area contributed by atoms with Crippen molar-refractivity contribution in [1.29, 1.82) is 0 Å². The van der Waals surface area contributed by atoms with Crippen molar-refractivity contribution in [3.8, 4) is 0 Å². The zero-order chi connectivity index (χ0) is 17.4. The van der Waals surface area contributed by atoms with E-state index in [9.17, 15) is 19.5 Å².